The van der Waals surface area contributed by atoms with Crippen molar-refractivity contribution < 1.29 is 14.3 Å². The maximum absolute atomic E-state index is 11.3. The molecule has 0 atom stereocenters. The minimum absolute atomic E-state index is 0.339. The maximum Gasteiger partial charge on any atom is 0.337 e. The molecule has 0 aliphatic rings. The van der Waals surface area contributed by atoms with Gasteiger partial charge in [0.25, 0.3) is 0 Å². The molecule has 0 aliphatic heterocycles. The van der Waals surface area contributed by atoms with Crippen LogP contribution in [0.25, 0.3) is 12.2 Å². The van der Waals surface area contributed by atoms with Crippen LogP contribution in [-0.2, 0) is 4.74 Å². The van der Waals surface area contributed by atoms with E-state index >= 15 is 0 Å². The van der Waals surface area contributed by atoms with E-state index in [4.69, 9.17) is 0 Å². The Kier molecular flexibility index (Phi) is 5.44. The van der Waals surface area contributed by atoms with Gasteiger partial charge in [-0.1, -0.05) is 60.7 Å². The van der Waals surface area contributed by atoms with E-state index < -0.39 is 0 Å². The molecule has 3 nitrogen and oxygen atoms in total. The van der Waals surface area contributed by atoms with Gasteiger partial charge in [-0.2, -0.15) is 0 Å². The monoisotopic (exact) mass is 292 g/mol. The van der Waals surface area contributed by atoms with Gasteiger partial charge in [-0.25, -0.2) is 4.79 Å². The van der Waals surface area contributed by atoms with Crippen LogP contribution in [0.1, 0.15) is 31.8 Å². The Morgan fingerprint density at radius 1 is 0.818 bits per heavy atom. The molecule has 0 unspecified atom stereocenters. The second kappa shape index (κ2) is 7.74. The lowest BCUT2D eigenvalue weighted by Gasteiger charge is -1.98. The Morgan fingerprint density at radius 2 is 1.27 bits per heavy atom. The summed E-state index contributed by atoms with van der Waals surface area (Å²) in [6.07, 6.45) is 8.56. The molecule has 0 heterocycles. The first-order chi connectivity index (χ1) is 10.7. The van der Waals surface area contributed by atoms with E-state index in [2.05, 4.69) is 4.74 Å². The number of carbonyl (C=O) groups is 2. The molecule has 2 aromatic carbocycles. The fraction of sp³-hybridized carbons (Fsp3) is 0.0526. The quantitative estimate of drug-likeness (QED) is 0.475. The molecule has 22 heavy (non-hydrogen) atoms. The first kappa shape index (κ1) is 15.4. The van der Waals surface area contributed by atoms with Crippen molar-refractivity contribution in [2.45, 2.75) is 0 Å². The normalized spacial score (nSPS) is 11.0. The second-order valence-corrected chi connectivity index (χ2v) is 4.62. The summed E-state index contributed by atoms with van der Waals surface area (Å²) in [6, 6.07) is 14.5. The van der Waals surface area contributed by atoms with Gasteiger partial charge in [0.1, 0.15) is 6.29 Å². The first-order valence-electron chi connectivity index (χ1n) is 6.81. The zero-order valence-electron chi connectivity index (χ0n) is 12.2. The van der Waals surface area contributed by atoms with Gasteiger partial charge in [-0.15, -0.1) is 0 Å². The zero-order valence-corrected chi connectivity index (χ0v) is 12.2. The Morgan fingerprint density at radius 3 is 1.73 bits per heavy atom. The van der Waals surface area contributed by atoms with Crippen molar-refractivity contribution in [1.29, 1.82) is 0 Å². The maximum atomic E-state index is 11.3. The van der Waals surface area contributed by atoms with E-state index in [-0.39, 0.29) is 5.97 Å². The van der Waals surface area contributed by atoms with Crippen LogP contribution in [0.2, 0.25) is 0 Å². The predicted octanol–water partition coefficient (Wildman–Crippen LogP) is 4.01. The summed E-state index contributed by atoms with van der Waals surface area (Å²) < 4.78 is 4.65. The SMILES string of the molecule is COC(=O)c1ccc(/C=C/C=C/c2ccc(C=O)cc2)cc1. The van der Waals surface area contributed by atoms with Gasteiger partial charge in [0, 0.05) is 5.56 Å². The molecule has 0 saturated carbocycles. The molecular formula is C19H16O3. The lowest BCUT2D eigenvalue weighted by Crippen LogP contribution is -2.00. The molecule has 110 valence electrons. The van der Waals surface area contributed by atoms with Crippen molar-refractivity contribution in [2.75, 3.05) is 7.11 Å². The average Bonchev–Trinajstić information content (AvgIpc) is 2.59. The highest BCUT2D eigenvalue weighted by molar-refractivity contribution is 5.89. The number of benzene rings is 2. The third-order valence-electron chi connectivity index (χ3n) is 3.09. The lowest BCUT2D eigenvalue weighted by atomic mass is 10.1. The van der Waals surface area contributed by atoms with Crippen LogP contribution in [-0.4, -0.2) is 19.4 Å². The predicted molar refractivity (Wildman–Crippen MR) is 87.7 cm³/mol. The van der Waals surface area contributed by atoms with Crippen molar-refractivity contribution in [3.8, 4) is 0 Å². The highest BCUT2D eigenvalue weighted by Gasteiger charge is 2.02. The van der Waals surface area contributed by atoms with Crippen molar-refractivity contribution >= 4 is 24.4 Å². The van der Waals surface area contributed by atoms with Crippen molar-refractivity contribution in [1.82, 2.24) is 0 Å². The number of hydrogen-bond acceptors (Lipinski definition) is 3. The number of rotatable bonds is 5. The molecule has 0 amide bonds. The molecule has 0 bridgehead atoms. The first-order valence-corrected chi connectivity index (χ1v) is 6.81. The minimum Gasteiger partial charge on any atom is -0.465 e. The molecule has 0 fully saturated rings. The van der Waals surface area contributed by atoms with Crippen LogP contribution in [0.3, 0.4) is 0 Å². The van der Waals surface area contributed by atoms with E-state index in [9.17, 15) is 9.59 Å². The summed E-state index contributed by atoms with van der Waals surface area (Å²) in [5.74, 6) is -0.339. The summed E-state index contributed by atoms with van der Waals surface area (Å²) in [6.45, 7) is 0. The third-order valence-corrected chi connectivity index (χ3v) is 3.09. The van der Waals surface area contributed by atoms with Gasteiger partial charge >= 0.3 is 5.97 Å². The minimum atomic E-state index is -0.339. The van der Waals surface area contributed by atoms with Crippen LogP contribution in [0, 0.1) is 0 Å². The highest BCUT2D eigenvalue weighted by Crippen LogP contribution is 2.08. The van der Waals surface area contributed by atoms with Gasteiger partial charge in [-0.3, -0.25) is 4.79 Å². The van der Waals surface area contributed by atoms with Gasteiger partial charge < -0.3 is 4.74 Å². The summed E-state index contributed by atoms with van der Waals surface area (Å²) in [4.78, 5) is 21.9. The Balaban J connectivity index is 1.97. The number of allylic oxidation sites excluding steroid dienone is 2. The lowest BCUT2D eigenvalue weighted by molar-refractivity contribution is 0.0600. The van der Waals surface area contributed by atoms with Crippen molar-refractivity contribution in [3.05, 3.63) is 82.9 Å². The average molecular weight is 292 g/mol. The molecule has 0 spiro atoms. The summed E-state index contributed by atoms with van der Waals surface area (Å²) in [5.41, 5.74) is 3.22. The number of carbonyl (C=O) groups excluding carboxylic acids is 2. The smallest absolute Gasteiger partial charge is 0.337 e. The summed E-state index contributed by atoms with van der Waals surface area (Å²) in [5, 5.41) is 0. The number of methoxy groups -OCH3 is 1. The van der Waals surface area contributed by atoms with Gasteiger partial charge in [0.05, 0.1) is 12.7 Å². The fourth-order valence-corrected chi connectivity index (χ4v) is 1.87. The van der Waals surface area contributed by atoms with E-state index in [1.807, 2.05) is 48.6 Å². The van der Waals surface area contributed by atoms with E-state index in [0.717, 1.165) is 17.4 Å². The number of ether oxygens (including phenoxy) is 1. The van der Waals surface area contributed by atoms with Gasteiger partial charge in [0.15, 0.2) is 0 Å². The molecule has 0 saturated heterocycles. The third kappa shape index (κ3) is 4.28. The zero-order chi connectivity index (χ0) is 15.8. The van der Waals surface area contributed by atoms with Crippen LogP contribution >= 0.6 is 0 Å². The largest absolute Gasteiger partial charge is 0.465 e. The summed E-state index contributed by atoms with van der Waals surface area (Å²) >= 11 is 0. The summed E-state index contributed by atoms with van der Waals surface area (Å²) in [7, 11) is 1.36. The molecule has 0 N–H and O–H groups in total. The number of aldehydes is 1. The molecule has 2 rings (SSSR count). The van der Waals surface area contributed by atoms with E-state index in [0.29, 0.717) is 11.1 Å². The van der Waals surface area contributed by atoms with Crippen molar-refractivity contribution in [3.63, 3.8) is 0 Å². The molecule has 0 aromatic heterocycles. The topological polar surface area (TPSA) is 43.4 Å². The fourth-order valence-electron chi connectivity index (χ4n) is 1.87. The molecule has 2 aromatic rings. The molecule has 0 radical (unpaired) electrons. The standard InChI is InChI=1S/C19H16O3/c1-22-19(21)18-12-10-16(11-13-18)5-3-2-4-15-6-8-17(14-20)9-7-15/h2-14H,1H3/b4-2+,5-3+. The Bertz CT molecular complexity index is 692. The van der Waals surface area contributed by atoms with Crippen LogP contribution in [0.5, 0.6) is 0 Å². The van der Waals surface area contributed by atoms with Crippen LogP contribution in [0.15, 0.2) is 60.7 Å². The Labute approximate surface area is 129 Å². The van der Waals surface area contributed by atoms with Gasteiger partial charge in [0.2, 0.25) is 0 Å². The highest BCUT2D eigenvalue weighted by atomic mass is 16.5. The number of esters is 1. The van der Waals surface area contributed by atoms with Crippen LogP contribution in [0.4, 0.5) is 0 Å². The van der Waals surface area contributed by atoms with Crippen molar-refractivity contribution in [2.24, 2.45) is 0 Å². The van der Waals surface area contributed by atoms with E-state index in [1.165, 1.54) is 7.11 Å². The molecule has 0 aliphatic carbocycles. The second-order valence-electron chi connectivity index (χ2n) is 4.62. The molecular weight excluding hydrogens is 276 g/mol. The van der Waals surface area contributed by atoms with Gasteiger partial charge in [-0.05, 0) is 23.3 Å². The molecule has 3 heteroatoms. The Hall–Kier alpha value is -2.94. The van der Waals surface area contributed by atoms with Crippen LogP contribution < -0.4 is 0 Å². The number of hydrogen-bond donors (Lipinski definition) is 0. The van der Waals surface area contributed by atoms with E-state index in [1.54, 1.807) is 24.3 Å².